The maximum atomic E-state index is 11.9. The lowest BCUT2D eigenvalue weighted by atomic mass is 9.85. The standard InChI is InChI=1S/C14H25N3O2.ClH/c15-14(7-1-2-8-14)13(19)17-10-4-9-16-12(18)11-5-3-6-11;/h11H,1-10,15H2,(H,16,18)(H,17,19);1H. The number of rotatable bonds is 6. The van der Waals surface area contributed by atoms with E-state index in [1.807, 2.05) is 0 Å². The van der Waals surface area contributed by atoms with E-state index < -0.39 is 5.54 Å². The lowest BCUT2D eigenvalue weighted by molar-refractivity contribution is -0.127. The van der Waals surface area contributed by atoms with Crippen LogP contribution in [0.5, 0.6) is 0 Å². The van der Waals surface area contributed by atoms with Crippen molar-refractivity contribution in [2.75, 3.05) is 13.1 Å². The summed E-state index contributed by atoms with van der Waals surface area (Å²) in [4.78, 5) is 23.5. The number of nitrogens with two attached hydrogens (primary N) is 1. The number of hydrogen-bond donors (Lipinski definition) is 3. The fourth-order valence-corrected chi connectivity index (χ4v) is 2.73. The topological polar surface area (TPSA) is 84.2 Å². The third-order valence-corrected chi connectivity index (χ3v) is 4.36. The third-order valence-electron chi connectivity index (χ3n) is 4.36. The summed E-state index contributed by atoms with van der Waals surface area (Å²) < 4.78 is 0. The molecule has 0 atom stereocenters. The molecule has 5 nitrogen and oxygen atoms in total. The highest BCUT2D eigenvalue weighted by Gasteiger charge is 2.36. The van der Waals surface area contributed by atoms with Crippen LogP contribution < -0.4 is 16.4 Å². The zero-order chi connectivity index (χ0) is 13.7. The molecule has 2 amide bonds. The van der Waals surface area contributed by atoms with E-state index in [0.29, 0.717) is 13.1 Å². The van der Waals surface area contributed by atoms with Crippen LogP contribution in [0.4, 0.5) is 0 Å². The van der Waals surface area contributed by atoms with Gasteiger partial charge >= 0.3 is 0 Å². The fourth-order valence-electron chi connectivity index (χ4n) is 2.73. The van der Waals surface area contributed by atoms with Crippen LogP contribution in [0.1, 0.15) is 51.4 Å². The average molecular weight is 304 g/mol. The largest absolute Gasteiger partial charge is 0.356 e. The molecule has 2 aliphatic carbocycles. The number of nitrogens with one attached hydrogen (secondary N) is 2. The number of amides is 2. The van der Waals surface area contributed by atoms with Crippen LogP contribution in [0, 0.1) is 5.92 Å². The molecule has 6 heteroatoms. The Bertz CT molecular complexity index is 339. The molecule has 2 rings (SSSR count). The smallest absolute Gasteiger partial charge is 0.240 e. The summed E-state index contributed by atoms with van der Waals surface area (Å²) in [5.41, 5.74) is 5.41. The van der Waals surface area contributed by atoms with E-state index in [4.69, 9.17) is 5.73 Å². The van der Waals surface area contributed by atoms with Crippen LogP contribution in [-0.4, -0.2) is 30.4 Å². The van der Waals surface area contributed by atoms with Crippen molar-refractivity contribution in [2.45, 2.75) is 56.9 Å². The van der Waals surface area contributed by atoms with Crippen molar-refractivity contribution in [3.8, 4) is 0 Å². The van der Waals surface area contributed by atoms with Gasteiger partial charge in [0.25, 0.3) is 0 Å². The van der Waals surface area contributed by atoms with Crippen molar-refractivity contribution in [1.82, 2.24) is 10.6 Å². The Hall–Kier alpha value is -0.810. The highest BCUT2D eigenvalue weighted by Crippen LogP contribution is 2.27. The van der Waals surface area contributed by atoms with E-state index in [1.54, 1.807) is 0 Å². The van der Waals surface area contributed by atoms with Crippen molar-refractivity contribution < 1.29 is 9.59 Å². The Morgan fingerprint density at radius 1 is 1.05 bits per heavy atom. The van der Waals surface area contributed by atoms with E-state index in [1.165, 1.54) is 6.42 Å². The fraction of sp³-hybridized carbons (Fsp3) is 0.857. The Balaban J connectivity index is 0.00000200. The molecule has 2 saturated carbocycles. The summed E-state index contributed by atoms with van der Waals surface area (Å²) in [5, 5.41) is 5.80. The van der Waals surface area contributed by atoms with Crippen molar-refractivity contribution in [3.05, 3.63) is 0 Å². The Morgan fingerprint density at radius 2 is 1.65 bits per heavy atom. The van der Waals surface area contributed by atoms with E-state index in [-0.39, 0.29) is 30.1 Å². The molecule has 116 valence electrons. The highest BCUT2D eigenvalue weighted by molar-refractivity contribution is 5.86. The van der Waals surface area contributed by atoms with E-state index in [2.05, 4.69) is 10.6 Å². The first-order valence-corrected chi connectivity index (χ1v) is 7.47. The average Bonchev–Trinajstić information content (AvgIpc) is 2.74. The van der Waals surface area contributed by atoms with Gasteiger partial charge in [-0.15, -0.1) is 12.4 Å². The van der Waals surface area contributed by atoms with Gasteiger partial charge in [-0.3, -0.25) is 9.59 Å². The molecule has 0 heterocycles. The maximum Gasteiger partial charge on any atom is 0.240 e. The second-order valence-electron chi connectivity index (χ2n) is 5.89. The van der Waals surface area contributed by atoms with Gasteiger partial charge in [-0.1, -0.05) is 19.3 Å². The molecule has 0 bridgehead atoms. The van der Waals surface area contributed by atoms with Gasteiger partial charge in [-0.2, -0.15) is 0 Å². The molecule has 2 aliphatic rings. The first-order chi connectivity index (χ1) is 9.12. The minimum Gasteiger partial charge on any atom is -0.356 e. The summed E-state index contributed by atoms with van der Waals surface area (Å²) in [5.74, 6) is 0.374. The minimum absolute atomic E-state index is 0. The summed E-state index contributed by atoms with van der Waals surface area (Å²) in [6.07, 6.45) is 7.65. The zero-order valence-corrected chi connectivity index (χ0v) is 12.8. The molecule has 0 spiro atoms. The van der Waals surface area contributed by atoms with Crippen LogP contribution in [0.25, 0.3) is 0 Å². The Kier molecular flexibility index (Phi) is 6.76. The second-order valence-corrected chi connectivity index (χ2v) is 5.89. The monoisotopic (exact) mass is 303 g/mol. The van der Waals surface area contributed by atoms with E-state index in [0.717, 1.165) is 44.9 Å². The quantitative estimate of drug-likeness (QED) is 0.643. The van der Waals surface area contributed by atoms with Crippen LogP contribution in [0.15, 0.2) is 0 Å². The molecule has 0 aromatic heterocycles. The van der Waals surface area contributed by atoms with Crippen LogP contribution in [-0.2, 0) is 9.59 Å². The number of carbonyl (C=O) groups excluding carboxylic acids is 2. The molecule has 20 heavy (non-hydrogen) atoms. The van der Waals surface area contributed by atoms with Crippen LogP contribution in [0.2, 0.25) is 0 Å². The molecular weight excluding hydrogens is 278 g/mol. The van der Waals surface area contributed by atoms with Crippen LogP contribution >= 0.6 is 12.4 Å². The minimum atomic E-state index is -0.644. The molecular formula is C14H26ClN3O2. The summed E-state index contributed by atoms with van der Waals surface area (Å²) >= 11 is 0. The second kappa shape index (κ2) is 7.84. The molecule has 0 radical (unpaired) electrons. The molecule has 0 saturated heterocycles. The Labute approximate surface area is 126 Å². The summed E-state index contributed by atoms with van der Waals surface area (Å²) in [6, 6.07) is 0. The van der Waals surface area contributed by atoms with Gasteiger partial charge in [0.15, 0.2) is 0 Å². The van der Waals surface area contributed by atoms with Gasteiger partial charge in [-0.25, -0.2) is 0 Å². The highest BCUT2D eigenvalue weighted by atomic mass is 35.5. The normalized spacial score (nSPS) is 20.6. The third kappa shape index (κ3) is 4.35. The summed E-state index contributed by atoms with van der Waals surface area (Å²) in [6.45, 7) is 1.22. The SMILES string of the molecule is Cl.NC1(C(=O)NCCCNC(=O)C2CCC2)CCCC1. The van der Waals surface area contributed by atoms with Crippen molar-refractivity contribution in [3.63, 3.8) is 0 Å². The molecule has 2 fully saturated rings. The maximum absolute atomic E-state index is 11.9. The molecule has 0 aliphatic heterocycles. The van der Waals surface area contributed by atoms with Gasteiger partial charge in [0.2, 0.25) is 11.8 Å². The van der Waals surface area contributed by atoms with Crippen molar-refractivity contribution in [1.29, 1.82) is 0 Å². The van der Waals surface area contributed by atoms with Crippen molar-refractivity contribution in [2.24, 2.45) is 11.7 Å². The molecule has 4 N–H and O–H groups in total. The predicted octanol–water partition coefficient (Wildman–Crippen LogP) is 1.10. The Morgan fingerprint density at radius 3 is 2.20 bits per heavy atom. The lowest BCUT2D eigenvalue weighted by Crippen LogP contribution is -2.52. The number of carbonyl (C=O) groups is 2. The van der Waals surface area contributed by atoms with Gasteiger partial charge in [0.05, 0.1) is 5.54 Å². The van der Waals surface area contributed by atoms with E-state index in [9.17, 15) is 9.59 Å². The van der Waals surface area contributed by atoms with Gasteiger partial charge in [-0.05, 0) is 32.1 Å². The van der Waals surface area contributed by atoms with Crippen LogP contribution in [0.3, 0.4) is 0 Å². The lowest BCUT2D eigenvalue weighted by Gasteiger charge is -2.24. The van der Waals surface area contributed by atoms with Gasteiger partial charge in [0.1, 0.15) is 0 Å². The zero-order valence-electron chi connectivity index (χ0n) is 12.0. The first kappa shape index (κ1) is 17.2. The first-order valence-electron chi connectivity index (χ1n) is 7.47. The molecule has 0 aromatic carbocycles. The number of halogens is 1. The number of hydrogen-bond acceptors (Lipinski definition) is 3. The van der Waals surface area contributed by atoms with Gasteiger partial charge < -0.3 is 16.4 Å². The van der Waals surface area contributed by atoms with Crippen molar-refractivity contribution >= 4 is 24.2 Å². The predicted molar refractivity (Wildman–Crippen MR) is 80.6 cm³/mol. The molecule has 0 aromatic rings. The molecule has 0 unspecified atom stereocenters. The van der Waals surface area contributed by atoms with Gasteiger partial charge in [0, 0.05) is 19.0 Å². The summed E-state index contributed by atoms with van der Waals surface area (Å²) in [7, 11) is 0. The van der Waals surface area contributed by atoms with E-state index >= 15 is 0 Å².